The molecule has 1 amide bonds. The number of carbonyl (C=O) groups is 1. The van der Waals surface area contributed by atoms with Crippen molar-refractivity contribution in [3.63, 3.8) is 0 Å². The van der Waals surface area contributed by atoms with Crippen LogP contribution in [0.2, 0.25) is 0 Å². The van der Waals surface area contributed by atoms with Gasteiger partial charge in [0.15, 0.2) is 0 Å². The number of aryl methyl sites for hydroxylation is 1. The zero-order valence-electron chi connectivity index (χ0n) is 14.7. The highest BCUT2D eigenvalue weighted by molar-refractivity contribution is 5.95. The summed E-state index contributed by atoms with van der Waals surface area (Å²) >= 11 is 0. The average molecular weight is 325 g/mol. The Bertz CT molecular complexity index is 652. The molecule has 0 atom stereocenters. The van der Waals surface area contributed by atoms with Gasteiger partial charge in [0, 0.05) is 0 Å². The molecule has 0 radical (unpaired) electrons. The fourth-order valence-electron chi connectivity index (χ4n) is 3.00. The van der Waals surface area contributed by atoms with Crippen LogP contribution < -0.4 is 4.90 Å². The van der Waals surface area contributed by atoms with Crippen molar-refractivity contribution in [2.24, 2.45) is 0 Å². The van der Waals surface area contributed by atoms with Crippen molar-refractivity contribution in [1.29, 1.82) is 0 Å². The molecule has 0 fully saturated rings. The van der Waals surface area contributed by atoms with Gasteiger partial charge in [0.2, 0.25) is 0 Å². The van der Waals surface area contributed by atoms with Crippen LogP contribution in [-0.4, -0.2) is 11.2 Å². The first-order chi connectivity index (χ1) is 11.7. The number of hydrogen-bond acceptors (Lipinski definition) is 1. The largest absolute Gasteiger partial charge is 0.464 e. The van der Waals surface area contributed by atoms with E-state index in [1.807, 2.05) is 42.5 Å². The summed E-state index contributed by atoms with van der Waals surface area (Å²) in [6, 6.07) is 15.4. The predicted octanol–water partition coefficient (Wildman–Crippen LogP) is 6.19. The maximum Gasteiger partial charge on any atom is 0.416 e. The zero-order chi connectivity index (χ0) is 17.4. The Morgan fingerprint density at radius 3 is 2.21 bits per heavy atom. The molecule has 0 saturated heterocycles. The fraction of sp³-hybridized carbons (Fsp3) is 0.381. The lowest BCUT2D eigenvalue weighted by Crippen LogP contribution is -2.25. The van der Waals surface area contributed by atoms with Crippen LogP contribution in [0.5, 0.6) is 0 Å². The Morgan fingerprint density at radius 2 is 1.58 bits per heavy atom. The number of nitrogens with zero attached hydrogens (tertiary/aromatic N) is 1. The van der Waals surface area contributed by atoms with Gasteiger partial charge in [-0.2, -0.15) is 0 Å². The first kappa shape index (κ1) is 18.1. The standard InChI is InChI=1S/C21H27NO2/c1-3-5-11-17-12-10-16-20(19(17)15-6-4-2)22(21(23)24)18-13-8-7-9-14-18/h7-10,12-14,16H,3-6,11,15H2,1-2H3,(H,23,24). The molecule has 0 saturated carbocycles. The van der Waals surface area contributed by atoms with Crippen LogP contribution in [0.1, 0.15) is 50.7 Å². The van der Waals surface area contributed by atoms with Gasteiger partial charge < -0.3 is 5.11 Å². The third-order valence-corrected chi connectivity index (χ3v) is 4.27. The van der Waals surface area contributed by atoms with Gasteiger partial charge in [0.25, 0.3) is 0 Å². The topological polar surface area (TPSA) is 40.5 Å². The summed E-state index contributed by atoms with van der Waals surface area (Å²) in [4.78, 5) is 13.4. The summed E-state index contributed by atoms with van der Waals surface area (Å²) < 4.78 is 0. The van der Waals surface area contributed by atoms with Crippen molar-refractivity contribution < 1.29 is 9.90 Å². The van der Waals surface area contributed by atoms with Crippen molar-refractivity contribution in [2.75, 3.05) is 4.90 Å². The quantitative estimate of drug-likeness (QED) is 0.629. The Hall–Kier alpha value is -2.29. The normalized spacial score (nSPS) is 10.6. The Labute approximate surface area is 144 Å². The summed E-state index contributed by atoms with van der Waals surface area (Å²) in [5.74, 6) is 0. The van der Waals surface area contributed by atoms with Gasteiger partial charge in [0.1, 0.15) is 0 Å². The average Bonchev–Trinajstić information content (AvgIpc) is 2.60. The van der Waals surface area contributed by atoms with E-state index in [0.29, 0.717) is 5.69 Å². The number of amides is 1. The molecule has 2 aromatic carbocycles. The first-order valence-corrected chi connectivity index (χ1v) is 8.87. The van der Waals surface area contributed by atoms with Crippen molar-refractivity contribution in [3.05, 3.63) is 59.7 Å². The minimum absolute atomic E-state index is 0.690. The van der Waals surface area contributed by atoms with Crippen LogP contribution in [0.15, 0.2) is 48.5 Å². The molecule has 128 valence electrons. The number of para-hydroxylation sites is 1. The molecular formula is C21H27NO2. The molecule has 2 aromatic rings. The Morgan fingerprint density at radius 1 is 0.917 bits per heavy atom. The third-order valence-electron chi connectivity index (χ3n) is 4.27. The van der Waals surface area contributed by atoms with E-state index >= 15 is 0 Å². The number of hydrogen-bond donors (Lipinski definition) is 1. The van der Waals surface area contributed by atoms with E-state index < -0.39 is 6.09 Å². The molecule has 24 heavy (non-hydrogen) atoms. The third kappa shape index (κ3) is 4.38. The molecule has 0 aliphatic carbocycles. The van der Waals surface area contributed by atoms with Gasteiger partial charge in [-0.15, -0.1) is 0 Å². The van der Waals surface area contributed by atoms with E-state index in [9.17, 15) is 9.90 Å². The van der Waals surface area contributed by atoms with Gasteiger partial charge in [-0.1, -0.05) is 57.0 Å². The van der Waals surface area contributed by atoms with Crippen LogP contribution in [-0.2, 0) is 12.8 Å². The minimum atomic E-state index is -0.938. The molecule has 2 rings (SSSR count). The summed E-state index contributed by atoms with van der Waals surface area (Å²) in [6.45, 7) is 4.35. The zero-order valence-corrected chi connectivity index (χ0v) is 14.7. The van der Waals surface area contributed by atoms with E-state index in [-0.39, 0.29) is 0 Å². The molecule has 0 aliphatic heterocycles. The first-order valence-electron chi connectivity index (χ1n) is 8.87. The SMILES string of the molecule is CCCCc1cccc(N(C(=O)O)c2ccccc2)c1CCCC. The molecular weight excluding hydrogens is 298 g/mol. The van der Waals surface area contributed by atoms with Gasteiger partial charge in [0.05, 0.1) is 11.4 Å². The van der Waals surface area contributed by atoms with Crippen molar-refractivity contribution >= 4 is 17.5 Å². The lowest BCUT2D eigenvalue weighted by molar-refractivity contribution is 0.204. The molecule has 0 heterocycles. The van der Waals surface area contributed by atoms with Crippen LogP contribution >= 0.6 is 0 Å². The van der Waals surface area contributed by atoms with E-state index in [1.165, 1.54) is 16.0 Å². The molecule has 3 nitrogen and oxygen atoms in total. The van der Waals surface area contributed by atoms with Crippen LogP contribution in [0, 0.1) is 0 Å². The summed E-state index contributed by atoms with van der Waals surface area (Å²) in [6.07, 6.45) is 5.41. The second kappa shape index (κ2) is 9.11. The molecule has 3 heteroatoms. The molecule has 0 unspecified atom stereocenters. The van der Waals surface area contributed by atoms with Crippen LogP contribution in [0.25, 0.3) is 0 Å². The van der Waals surface area contributed by atoms with Crippen molar-refractivity contribution in [2.45, 2.75) is 52.4 Å². The molecule has 0 aromatic heterocycles. The number of anilines is 2. The summed E-state index contributed by atoms with van der Waals surface area (Å²) in [7, 11) is 0. The van der Waals surface area contributed by atoms with Gasteiger partial charge in [-0.25, -0.2) is 9.69 Å². The predicted molar refractivity (Wildman–Crippen MR) is 100 cm³/mol. The molecule has 1 N–H and O–H groups in total. The van der Waals surface area contributed by atoms with Crippen molar-refractivity contribution in [1.82, 2.24) is 0 Å². The number of benzene rings is 2. The molecule has 0 spiro atoms. The Balaban J connectivity index is 2.50. The van der Waals surface area contributed by atoms with E-state index in [0.717, 1.165) is 44.2 Å². The minimum Gasteiger partial charge on any atom is -0.464 e. The molecule has 0 aliphatic rings. The number of carboxylic acid groups (broad SMARTS) is 1. The van der Waals surface area contributed by atoms with Gasteiger partial charge in [-0.05, 0) is 55.0 Å². The highest BCUT2D eigenvalue weighted by Gasteiger charge is 2.21. The van der Waals surface area contributed by atoms with Crippen LogP contribution in [0.4, 0.5) is 16.2 Å². The highest BCUT2D eigenvalue weighted by Crippen LogP contribution is 2.32. The van der Waals surface area contributed by atoms with Crippen LogP contribution in [0.3, 0.4) is 0 Å². The second-order valence-electron chi connectivity index (χ2n) is 6.08. The number of rotatable bonds is 8. The van der Waals surface area contributed by atoms with E-state index in [1.54, 1.807) is 0 Å². The lowest BCUT2D eigenvalue weighted by Gasteiger charge is -2.24. The van der Waals surface area contributed by atoms with Gasteiger partial charge >= 0.3 is 6.09 Å². The smallest absolute Gasteiger partial charge is 0.416 e. The summed E-state index contributed by atoms with van der Waals surface area (Å²) in [5.41, 5.74) is 3.95. The highest BCUT2D eigenvalue weighted by atomic mass is 16.4. The monoisotopic (exact) mass is 325 g/mol. The fourth-order valence-corrected chi connectivity index (χ4v) is 3.00. The summed E-state index contributed by atoms with van der Waals surface area (Å²) in [5, 5.41) is 9.82. The lowest BCUT2D eigenvalue weighted by atomic mass is 9.95. The van der Waals surface area contributed by atoms with E-state index in [4.69, 9.17) is 0 Å². The van der Waals surface area contributed by atoms with E-state index in [2.05, 4.69) is 19.9 Å². The molecule has 0 bridgehead atoms. The second-order valence-corrected chi connectivity index (χ2v) is 6.08. The maximum absolute atomic E-state index is 12.0. The Kier molecular flexibility index (Phi) is 6.86. The number of unbranched alkanes of at least 4 members (excludes halogenated alkanes) is 2. The van der Waals surface area contributed by atoms with Crippen molar-refractivity contribution in [3.8, 4) is 0 Å². The van der Waals surface area contributed by atoms with Gasteiger partial charge in [-0.3, -0.25) is 0 Å². The maximum atomic E-state index is 12.0.